The summed E-state index contributed by atoms with van der Waals surface area (Å²) in [5, 5.41) is 23.4. The van der Waals surface area contributed by atoms with Gasteiger partial charge in [0.2, 0.25) is 0 Å². The molecule has 1 fully saturated rings. The third-order valence-electron chi connectivity index (χ3n) is 7.58. The van der Waals surface area contributed by atoms with Gasteiger partial charge < -0.3 is 24.7 Å². The standard InChI is InChI=1S/C31H27N7O6/c1-2-17-15-22(28(39)33-26(17)19-5-7-20(8-6-19)27-34-36-37-35-27)31(43)44-24-16-23(32-29(40)25(24)30(41)42)18-9-11-21(12-10-18)38-13-3-4-14-38/h5-12,15-16H,2-4,13-14H2,1H3,(H,32,40)(H,33,39)(H,41,42)(H,34,35,36,37). The zero-order valence-corrected chi connectivity index (χ0v) is 23.6. The highest BCUT2D eigenvalue weighted by molar-refractivity contribution is 5.96. The second-order valence-corrected chi connectivity index (χ2v) is 10.3. The lowest BCUT2D eigenvalue weighted by atomic mass is 10.0. The van der Waals surface area contributed by atoms with E-state index in [1.54, 1.807) is 36.4 Å². The van der Waals surface area contributed by atoms with Crippen molar-refractivity contribution in [2.45, 2.75) is 26.2 Å². The number of pyridine rings is 2. The number of hydrogen-bond donors (Lipinski definition) is 4. The monoisotopic (exact) mass is 593 g/mol. The molecule has 0 amide bonds. The fraction of sp³-hybridized carbons (Fsp3) is 0.194. The molecule has 3 aromatic heterocycles. The molecule has 13 heteroatoms. The van der Waals surface area contributed by atoms with Gasteiger partial charge in [0.15, 0.2) is 17.1 Å². The zero-order valence-electron chi connectivity index (χ0n) is 23.6. The molecule has 44 heavy (non-hydrogen) atoms. The predicted molar refractivity (Wildman–Crippen MR) is 161 cm³/mol. The second kappa shape index (κ2) is 11.8. The first-order valence-corrected chi connectivity index (χ1v) is 14.0. The number of aromatic nitrogens is 6. The molecule has 0 atom stereocenters. The molecule has 1 aliphatic rings. The highest BCUT2D eigenvalue weighted by Crippen LogP contribution is 2.28. The average molecular weight is 594 g/mol. The Balaban J connectivity index is 1.30. The Morgan fingerprint density at radius 2 is 1.59 bits per heavy atom. The lowest BCUT2D eigenvalue weighted by Gasteiger charge is -2.18. The number of aromatic carboxylic acids is 1. The van der Waals surface area contributed by atoms with Crippen molar-refractivity contribution in [3.05, 3.63) is 98.1 Å². The van der Waals surface area contributed by atoms with E-state index in [1.165, 1.54) is 12.1 Å². The van der Waals surface area contributed by atoms with Crippen LogP contribution in [0.25, 0.3) is 33.9 Å². The van der Waals surface area contributed by atoms with Crippen molar-refractivity contribution >= 4 is 17.6 Å². The minimum absolute atomic E-state index is 0.263. The van der Waals surface area contributed by atoms with E-state index >= 15 is 0 Å². The lowest BCUT2D eigenvalue weighted by Crippen LogP contribution is -2.26. The molecule has 1 saturated heterocycles. The van der Waals surface area contributed by atoms with Gasteiger partial charge in [0.05, 0.1) is 11.4 Å². The Labute approximate surface area is 249 Å². The maximum Gasteiger partial charge on any atom is 0.349 e. The number of carbonyl (C=O) groups is 2. The summed E-state index contributed by atoms with van der Waals surface area (Å²) in [5.41, 5.74) is 1.75. The molecule has 0 aliphatic carbocycles. The maximum absolute atomic E-state index is 13.3. The van der Waals surface area contributed by atoms with E-state index in [9.17, 15) is 24.3 Å². The van der Waals surface area contributed by atoms with E-state index in [0.717, 1.165) is 37.2 Å². The molecule has 0 unspecified atom stereocenters. The molecule has 4 N–H and O–H groups in total. The predicted octanol–water partition coefficient (Wildman–Crippen LogP) is 3.66. The zero-order chi connectivity index (χ0) is 30.8. The third-order valence-corrected chi connectivity index (χ3v) is 7.58. The fourth-order valence-electron chi connectivity index (χ4n) is 5.29. The number of nitrogens with one attached hydrogen (secondary N) is 3. The molecule has 0 radical (unpaired) electrons. The number of anilines is 1. The Kier molecular flexibility index (Phi) is 7.58. The lowest BCUT2D eigenvalue weighted by molar-refractivity contribution is 0.0679. The van der Waals surface area contributed by atoms with Gasteiger partial charge in [-0.05, 0) is 64.6 Å². The molecule has 6 rings (SSSR count). The number of tetrazole rings is 1. The highest BCUT2D eigenvalue weighted by Gasteiger charge is 2.24. The largest absolute Gasteiger partial charge is 0.477 e. The van der Waals surface area contributed by atoms with Gasteiger partial charge in [-0.15, -0.1) is 5.10 Å². The van der Waals surface area contributed by atoms with Crippen LogP contribution in [0.15, 0.2) is 70.3 Å². The number of benzene rings is 2. The van der Waals surface area contributed by atoms with Crippen molar-refractivity contribution < 1.29 is 19.4 Å². The summed E-state index contributed by atoms with van der Waals surface area (Å²) in [6.45, 7) is 3.80. The van der Waals surface area contributed by atoms with Crippen molar-refractivity contribution in [3.63, 3.8) is 0 Å². The Morgan fingerprint density at radius 1 is 0.909 bits per heavy atom. The maximum atomic E-state index is 13.3. The molecule has 222 valence electrons. The van der Waals surface area contributed by atoms with Gasteiger partial charge in [-0.3, -0.25) is 9.59 Å². The van der Waals surface area contributed by atoms with Crippen LogP contribution in [0.1, 0.15) is 46.0 Å². The summed E-state index contributed by atoms with van der Waals surface area (Å²) in [6.07, 6.45) is 2.71. The Morgan fingerprint density at radius 3 is 2.23 bits per heavy atom. The molecule has 2 aromatic carbocycles. The van der Waals surface area contributed by atoms with E-state index in [2.05, 4.69) is 35.5 Å². The van der Waals surface area contributed by atoms with Gasteiger partial charge in [-0.1, -0.05) is 43.3 Å². The number of carbonyl (C=O) groups excluding carboxylic acids is 1. The first-order valence-electron chi connectivity index (χ1n) is 14.0. The van der Waals surface area contributed by atoms with Crippen LogP contribution in [-0.4, -0.2) is 60.7 Å². The number of rotatable bonds is 8. The third kappa shape index (κ3) is 5.50. The number of carboxylic acids is 1. The van der Waals surface area contributed by atoms with Crippen LogP contribution in [0, 0.1) is 0 Å². The van der Waals surface area contributed by atoms with Crippen molar-refractivity contribution in [2.24, 2.45) is 0 Å². The smallest absolute Gasteiger partial charge is 0.349 e. The van der Waals surface area contributed by atoms with Crippen molar-refractivity contribution in [2.75, 3.05) is 18.0 Å². The molecular formula is C31H27N7O6. The summed E-state index contributed by atoms with van der Waals surface area (Å²) in [6, 6.07) is 17.3. The molecule has 5 aromatic rings. The van der Waals surface area contributed by atoms with E-state index in [1.807, 2.05) is 19.1 Å². The van der Waals surface area contributed by atoms with Gasteiger partial charge in [-0.25, -0.2) is 14.7 Å². The van der Waals surface area contributed by atoms with Crippen LogP contribution in [0.3, 0.4) is 0 Å². The van der Waals surface area contributed by atoms with Crippen LogP contribution in [0.5, 0.6) is 5.75 Å². The SMILES string of the molecule is CCc1cc(C(=O)Oc2cc(-c3ccc(N4CCCC4)cc3)[nH]c(=O)c2C(=O)O)c(=O)[nH]c1-c1ccc(-c2nnn[nH]2)cc1. The van der Waals surface area contributed by atoms with Crippen LogP contribution in [0.2, 0.25) is 0 Å². The summed E-state index contributed by atoms with van der Waals surface area (Å²) >= 11 is 0. The molecule has 13 nitrogen and oxygen atoms in total. The van der Waals surface area contributed by atoms with E-state index < -0.39 is 34.4 Å². The Bertz CT molecular complexity index is 1960. The van der Waals surface area contributed by atoms with Gasteiger partial charge in [0.1, 0.15) is 5.56 Å². The number of ether oxygens (including phenoxy) is 1. The van der Waals surface area contributed by atoms with Crippen LogP contribution in [-0.2, 0) is 6.42 Å². The topological polar surface area (TPSA) is 187 Å². The average Bonchev–Trinajstić information content (AvgIpc) is 3.76. The number of hydrogen-bond acceptors (Lipinski definition) is 9. The highest BCUT2D eigenvalue weighted by atomic mass is 16.5. The molecule has 0 saturated carbocycles. The van der Waals surface area contributed by atoms with Crippen molar-refractivity contribution in [1.82, 2.24) is 30.6 Å². The number of esters is 1. The summed E-state index contributed by atoms with van der Waals surface area (Å²) in [5.74, 6) is -2.65. The Hall–Kier alpha value is -5.85. The number of carboxylic acid groups (broad SMARTS) is 1. The van der Waals surface area contributed by atoms with Crippen molar-refractivity contribution in [3.8, 4) is 39.7 Å². The molecule has 4 heterocycles. The number of aryl methyl sites for hydroxylation is 1. The number of aromatic amines is 3. The normalized spacial score (nSPS) is 12.8. The van der Waals surface area contributed by atoms with Crippen LogP contribution >= 0.6 is 0 Å². The van der Waals surface area contributed by atoms with Crippen LogP contribution in [0.4, 0.5) is 5.69 Å². The number of H-pyrrole nitrogens is 3. The molecule has 0 bridgehead atoms. The minimum Gasteiger partial charge on any atom is -0.477 e. The number of nitrogens with zero attached hydrogens (tertiary/aromatic N) is 4. The van der Waals surface area contributed by atoms with E-state index in [4.69, 9.17) is 4.74 Å². The molecular weight excluding hydrogens is 566 g/mol. The first-order chi connectivity index (χ1) is 21.3. The van der Waals surface area contributed by atoms with E-state index in [-0.39, 0.29) is 11.3 Å². The van der Waals surface area contributed by atoms with Crippen molar-refractivity contribution in [1.29, 1.82) is 0 Å². The van der Waals surface area contributed by atoms with Gasteiger partial charge >= 0.3 is 11.9 Å². The van der Waals surface area contributed by atoms with Crippen LogP contribution < -0.4 is 20.8 Å². The quantitative estimate of drug-likeness (QED) is 0.193. The van der Waals surface area contributed by atoms with E-state index in [0.29, 0.717) is 34.6 Å². The first kappa shape index (κ1) is 28.3. The summed E-state index contributed by atoms with van der Waals surface area (Å²) in [7, 11) is 0. The minimum atomic E-state index is -1.58. The summed E-state index contributed by atoms with van der Waals surface area (Å²) < 4.78 is 5.43. The molecule has 1 aliphatic heterocycles. The van der Waals surface area contributed by atoms with Gasteiger partial charge in [0.25, 0.3) is 11.1 Å². The van der Waals surface area contributed by atoms with Gasteiger partial charge in [-0.2, -0.15) is 0 Å². The summed E-state index contributed by atoms with van der Waals surface area (Å²) in [4.78, 5) is 58.7. The second-order valence-electron chi connectivity index (χ2n) is 10.3. The van der Waals surface area contributed by atoms with Gasteiger partial charge in [0, 0.05) is 30.4 Å². The molecule has 0 spiro atoms. The fourth-order valence-corrected chi connectivity index (χ4v) is 5.29.